The van der Waals surface area contributed by atoms with E-state index in [1.807, 2.05) is 52.8 Å². The number of thiazole rings is 1. The summed E-state index contributed by atoms with van der Waals surface area (Å²) < 4.78 is 5.61. The fourth-order valence-electron chi connectivity index (χ4n) is 2.31. The Balaban J connectivity index is 2.06. The molecule has 1 atom stereocenters. The molecule has 0 aliphatic heterocycles. The third-order valence-electron chi connectivity index (χ3n) is 3.73. The summed E-state index contributed by atoms with van der Waals surface area (Å²) in [5.41, 5.74) is 2.73. The van der Waals surface area contributed by atoms with Gasteiger partial charge in [0.15, 0.2) is 5.13 Å². The van der Waals surface area contributed by atoms with Crippen LogP contribution in [0.25, 0.3) is 0 Å². The van der Waals surface area contributed by atoms with Gasteiger partial charge in [-0.2, -0.15) is 0 Å². The number of benzene rings is 1. The predicted octanol–water partition coefficient (Wildman–Crippen LogP) is 3.28. The number of nitrogens with zero attached hydrogens (tertiary/aromatic N) is 1. The number of rotatable bonds is 5. The Morgan fingerprint density at radius 1 is 1.24 bits per heavy atom. The van der Waals surface area contributed by atoms with Crippen LogP contribution in [0.15, 0.2) is 18.2 Å². The minimum Gasteiger partial charge on any atom is -0.494 e. The summed E-state index contributed by atoms with van der Waals surface area (Å²) >= 11 is 1.34. The van der Waals surface area contributed by atoms with Crippen molar-refractivity contribution in [3.8, 4) is 5.75 Å². The van der Waals surface area contributed by atoms with Crippen molar-refractivity contribution in [1.29, 1.82) is 0 Å². The average molecular weight is 361 g/mol. The topological polar surface area (TPSA) is 80.3 Å². The Morgan fingerprint density at radius 3 is 2.56 bits per heavy atom. The molecular formula is C18H23N3O3S. The molecule has 1 aromatic carbocycles. The molecule has 25 heavy (non-hydrogen) atoms. The van der Waals surface area contributed by atoms with E-state index in [1.165, 1.54) is 11.3 Å². The van der Waals surface area contributed by atoms with Crippen molar-refractivity contribution in [2.24, 2.45) is 0 Å². The number of ether oxygens (including phenoxy) is 1. The summed E-state index contributed by atoms with van der Waals surface area (Å²) in [7, 11) is 0. The molecule has 6 nitrogen and oxygen atoms in total. The normalized spacial score (nSPS) is 11.7. The molecule has 1 unspecified atom stereocenters. The van der Waals surface area contributed by atoms with E-state index in [-0.39, 0.29) is 6.04 Å². The van der Waals surface area contributed by atoms with E-state index in [2.05, 4.69) is 15.6 Å². The van der Waals surface area contributed by atoms with Gasteiger partial charge in [0, 0.05) is 10.4 Å². The lowest BCUT2D eigenvalue weighted by Gasteiger charge is -2.18. The zero-order valence-corrected chi connectivity index (χ0v) is 15.9. The van der Waals surface area contributed by atoms with Crippen LogP contribution < -0.4 is 15.4 Å². The molecule has 1 aromatic heterocycles. The van der Waals surface area contributed by atoms with E-state index in [0.717, 1.165) is 21.7 Å². The number of carbonyl (C=O) groups is 2. The molecule has 2 amide bonds. The Bertz CT molecular complexity index is 766. The smallest absolute Gasteiger partial charge is 0.315 e. The molecule has 2 rings (SSSR count). The first-order valence-corrected chi connectivity index (χ1v) is 8.92. The van der Waals surface area contributed by atoms with Crippen LogP contribution in [0.1, 0.15) is 41.6 Å². The molecule has 0 bridgehead atoms. The SMILES string of the molecule is CCOc1ccc(C)cc1C(C)NC(=O)C(=O)Nc1nc(C)c(C)s1. The average Bonchev–Trinajstić information content (AvgIpc) is 2.86. The number of anilines is 1. The van der Waals surface area contributed by atoms with Crippen LogP contribution in [0.2, 0.25) is 0 Å². The highest BCUT2D eigenvalue weighted by Gasteiger charge is 2.20. The van der Waals surface area contributed by atoms with Crippen molar-refractivity contribution in [3.05, 3.63) is 39.9 Å². The van der Waals surface area contributed by atoms with Crippen LogP contribution in [0.4, 0.5) is 5.13 Å². The number of carbonyl (C=O) groups excluding carboxylic acids is 2. The molecule has 0 aliphatic rings. The zero-order valence-electron chi connectivity index (χ0n) is 15.1. The van der Waals surface area contributed by atoms with Gasteiger partial charge >= 0.3 is 11.8 Å². The second-order valence-electron chi connectivity index (χ2n) is 5.78. The van der Waals surface area contributed by atoms with E-state index < -0.39 is 11.8 Å². The van der Waals surface area contributed by atoms with Crippen molar-refractivity contribution in [2.45, 2.75) is 40.7 Å². The van der Waals surface area contributed by atoms with Gasteiger partial charge in [0.05, 0.1) is 18.3 Å². The van der Waals surface area contributed by atoms with E-state index in [0.29, 0.717) is 17.5 Å². The molecule has 0 radical (unpaired) electrons. The first-order valence-electron chi connectivity index (χ1n) is 8.11. The molecule has 0 fully saturated rings. The van der Waals surface area contributed by atoms with Crippen LogP contribution in [0.3, 0.4) is 0 Å². The van der Waals surface area contributed by atoms with Crippen molar-refractivity contribution in [1.82, 2.24) is 10.3 Å². The summed E-state index contributed by atoms with van der Waals surface area (Å²) in [5.74, 6) is -0.736. The summed E-state index contributed by atoms with van der Waals surface area (Å²) in [6.07, 6.45) is 0. The molecular weight excluding hydrogens is 338 g/mol. The van der Waals surface area contributed by atoms with E-state index >= 15 is 0 Å². The number of aryl methyl sites for hydroxylation is 3. The van der Waals surface area contributed by atoms with Gasteiger partial charge < -0.3 is 10.1 Å². The maximum absolute atomic E-state index is 12.2. The summed E-state index contributed by atoms with van der Waals surface area (Å²) in [5, 5.41) is 5.67. The molecule has 0 spiro atoms. The fourth-order valence-corrected chi connectivity index (χ4v) is 3.12. The highest BCUT2D eigenvalue weighted by atomic mass is 32.1. The third-order valence-corrected chi connectivity index (χ3v) is 4.72. The quantitative estimate of drug-likeness (QED) is 0.801. The Morgan fingerprint density at radius 2 is 1.96 bits per heavy atom. The maximum atomic E-state index is 12.2. The molecule has 0 aliphatic carbocycles. The number of hydrogen-bond acceptors (Lipinski definition) is 5. The maximum Gasteiger partial charge on any atom is 0.315 e. The lowest BCUT2D eigenvalue weighted by molar-refractivity contribution is -0.136. The van der Waals surface area contributed by atoms with E-state index in [9.17, 15) is 9.59 Å². The van der Waals surface area contributed by atoms with Crippen molar-refractivity contribution in [3.63, 3.8) is 0 Å². The Hall–Kier alpha value is -2.41. The lowest BCUT2D eigenvalue weighted by Crippen LogP contribution is -2.37. The zero-order chi connectivity index (χ0) is 18.6. The second kappa shape index (κ2) is 8.11. The monoisotopic (exact) mass is 361 g/mol. The van der Waals surface area contributed by atoms with Crippen LogP contribution in [0, 0.1) is 20.8 Å². The standard InChI is InChI=1S/C18H23N3O3S/c1-6-24-15-8-7-10(2)9-14(15)12(4)19-16(22)17(23)21-18-20-11(3)13(5)25-18/h7-9,12H,6H2,1-5H3,(H,19,22)(H,20,21,23). The molecule has 1 heterocycles. The molecule has 2 aromatic rings. The summed E-state index contributed by atoms with van der Waals surface area (Å²) in [4.78, 5) is 29.5. The van der Waals surface area contributed by atoms with E-state index in [1.54, 1.807) is 0 Å². The van der Waals surface area contributed by atoms with Gasteiger partial charge in [-0.25, -0.2) is 4.98 Å². The van der Waals surface area contributed by atoms with Crippen LogP contribution in [-0.2, 0) is 9.59 Å². The van der Waals surface area contributed by atoms with Gasteiger partial charge in [-0.15, -0.1) is 11.3 Å². The summed E-state index contributed by atoms with van der Waals surface area (Å²) in [6, 6.07) is 5.40. The number of nitrogens with one attached hydrogen (secondary N) is 2. The molecule has 0 saturated carbocycles. The fraction of sp³-hybridized carbons (Fsp3) is 0.389. The molecule has 134 valence electrons. The lowest BCUT2D eigenvalue weighted by atomic mass is 10.0. The van der Waals surface area contributed by atoms with Crippen molar-refractivity contribution >= 4 is 28.3 Å². The van der Waals surface area contributed by atoms with Crippen molar-refractivity contribution < 1.29 is 14.3 Å². The van der Waals surface area contributed by atoms with Gasteiger partial charge in [0.1, 0.15) is 5.75 Å². The highest BCUT2D eigenvalue weighted by molar-refractivity contribution is 7.15. The van der Waals surface area contributed by atoms with Gasteiger partial charge in [0.2, 0.25) is 0 Å². The van der Waals surface area contributed by atoms with E-state index in [4.69, 9.17) is 4.74 Å². The second-order valence-corrected chi connectivity index (χ2v) is 6.99. The van der Waals surface area contributed by atoms with Gasteiger partial charge in [-0.1, -0.05) is 17.7 Å². The molecule has 2 N–H and O–H groups in total. The van der Waals surface area contributed by atoms with Crippen LogP contribution in [0.5, 0.6) is 5.75 Å². The predicted molar refractivity (Wildman–Crippen MR) is 99.1 cm³/mol. The first kappa shape index (κ1) is 18.9. The number of hydrogen-bond donors (Lipinski definition) is 2. The minimum atomic E-state index is -0.730. The minimum absolute atomic E-state index is 0.362. The van der Waals surface area contributed by atoms with Crippen LogP contribution in [-0.4, -0.2) is 23.4 Å². The van der Waals surface area contributed by atoms with Gasteiger partial charge in [-0.3, -0.25) is 14.9 Å². The highest BCUT2D eigenvalue weighted by Crippen LogP contribution is 2.26. The molecule has 0 saturated heterocycles. The Kier molecular flexibility index (Phi) is 6.14. The number of aromatic nitrogens is 1. The number of amides is 2. The van der Waals surface area contributed by atoms with Gasteiger partial charge in [-0.05, 0) is 40.7 Å². The van der Waals surface area contributed by atoms with Gasteiger partial charge in [0.25, 0.3) is 0 Å². The largest absolute Gasteiger partial charge is 0.494 e. The summed E-state index contributed by atoms with van der Waals surface area (Å²) in [6.45, 7) is 9.99. The Labute approximate surface area is 151 Å². The van der Waals surface area contributed by atoms with Crippen molar-refractivity contribution in [2.75, 3.05) is 11.9 Å². The van der Waals surface area contributed by atoms with Crippen LogP contribution >= 0.6 is 11.3 Å². The first-order chi connectivity index (χ1) is 11.8. The third kappa shape index (κ3) is 4.79. The molecule has 7 heteroatoms.